The molecule has 0 saturated carbocycles. The van der Waals surface area contributed by atoms with Crippen molar-refractivity contribution in [2.24, 2.45) is 5.92 Å². The van der Waals surface area contributed by atoms with Crippen molar-refractivity contribution in [2.75, 3.05) is 13.2 Å². The van der Waals surface area contributed by atoms with E-state index in [1.54, 1.807) is 19.9 Å². The molecule has 0 aliphatic heterocycles. The fourth-order valence-corrected chi connectivity index (χ4v) is 2.66. The lowest BCUT2D eigenvalue weighted by Crippen LogP contribution is -1.99. The zero-order valence-corrected chi connectivity index (χ0v) is 10.6. The first-order valence-electron chi connectivity index (χ1n) is 5.01. The summed E-state index contributed by atoms with van der Waals surface area (Å²) in [5.74, 6) is 0.133. The maximum atomic E-state index is 12.1. The molecule has 4 nitrogen and oxygen atoms in total. The van der Waals surface area contributed by atoms with Crippen LogP contribution in [0.3, 0.4) is 0 Å². The van der Waals surface area contributed by atoms with Gasteiger partial charge in [-0.2, -0.15) is 5.26 Å². The van der Waals surface area contributed by atoms with E-state index >= 15 is 0 Å². The number of allylic oxidation sites excluding steroid dienone is 2. The highest BCUT2D eigenvalue weighted by Crippen LogP contribution is 2.55. The van der Waals surface area contributed by atoms with Crippen LogP contribution in [0.25, 0.3) is 0 Å². The summed E-state index contributed by atoms with van der Waals surface area (Å²) in [4.78, 5) is 0. The van der Waals surface area contributed by atoms with Gasteiger partial charge >= 0.3 is 7.60 Å². The number of rotatable bonds is 6. The smallest absolute Gasteiger partial charge is 0.305 e. The van der Waals surface area contributed by atoms with E-state index in [-0.39, 0.29) is 24.4 Å². The summed E-state index contributed by atoms with van der Waals surface area (Å²) in [5.41, 5.74) is 0. The molecule has 0 heterocycles. The standard InChI is InChI=1S/C10H18NO3P/c1-5-13-15(12,14-6-2)10(8-11)7-9(3)4/h7,9H,5-6H2,1-4H3. The molecule has 0 fully saturated rings. The number of nitriles is 1. The van der Waals surface area contributed by atoms with E-state index in [4.69, 9.17) is 14.3 Å². The van der Waals surface area contributed by atoms with Crippen LogP contribution in [0.2, 0.25) is 0 Å². The molecular weight excluding hydrogens is 213 g/mol. The van der Waals surface area contributed by atoms with E-state index in [0.29, 0.717) is 0 Å². The third kappa shape index (κ3) is 4.61. The molecule has 0 rings (SSSR count). The zero-order chi connectivity index (χ0) is 11.9. The molecule has 0 amide bonds. The molecule has 0 aromatic heterocycles. The van der Waals surface area contributed by atoms with Crippen LogP contribution in [0.4, 0.5) is 0 Å². The van der Waals surface area contributed by atoms with Gasteiger partial charge in [-0.25, -0.2) is 0 Å². The van der Waals surface area contributed by atoms with Crippen molar-refractivity contribution >= 4 is 7.60 Å². The van der Waals surface area contributed by atoms with Crippen molar-refractivity contribution in [3.05, 3.63) is 11.4 Å². The topological polar surface area (TPSA) is 59.3 Å². The molecular formula is C10H18NO3P. The van der Waals surface area contributed by atoms with Crippen molar-refractivity contribution in [3.8, 4) is 6.07 Å². The monoisotopic (exact) mass is 231 g/mol. The van der Waals surface area contributed by atoms with Gasteiger partial charge in [0.15, 0.2) is 0 Å². The van der Waals surface area contributed by atoms with Crippen LogP contribution in [-0.2, 0) is 13.6 Å². The summed E-state index contributed by atoms with van der Waals surface area (Å²) in [6.07, 6.45) is 1.62. The molecule has 0 unspecified atom stereocenters. The van der Waals surface area contributed by atoms with Crippen molar-refractivity contribution in [3.63, 3.8) is 0 Å². The number of hydrogen-bond acceptors (Lipinski definition) is 4. The second kappa shape index (κ2) is 6.79. The molecule has 0 atom stereocenters. The van der Waals surface area contributed by atoms with Crippen molar-refractivity contribution in [1.29, 1.82) is 5.26 Å². The summed E-state index contributed by atoms with van der Waals surface area (Å²) in [6, 6.07) is 1.89. The SMILES string of the molecule is CCOP(=O)(OCC)C(C#N)=CC(C)C. The first-order chi connectivity index (χ1) is 7.00. The summed E-state index contributed by atoms with van der Waals surface area (Å²) in [6.45, 7) is 7.76. The summed E-state index contributed by atoms with van der Waals surface area (Å²) in [5, 5.41) is 9.01. The van der Waals surface area contributed by atoms with E-state index in [1.165, 1.54) is 0 Å². The molecule has 0 spiro atoms. The van der Waals surface area contributed by atoms with Gasteiger partial charge < -0.3 is 9.05 Å². The molecule has 0 radical (unpaired) electrons. The third-order valence-corrected chi connectivity index (χ3v) is 3.53. The lowest BCUT2D eigenvalue weighted by Gasteiger charge is -2.16. The van der Waals surface area contributed by atoms with Crippen LogP contribution in [0, 0.1) is 17.2 Å². The Morgan fingerprint density at radius 1 is 1.40 bits per heavy atom. The van der Waals surface area contributed by atoms with Gasteiger partial charge in [-0.05, 0) is 19.8 Å². The van der Waals surface area contributed by atoms with Gasteiger partial charge in [0.1, 0.15) is 11.4 Å². The molecule has 0 aromatic rings. The molecule has 0 aliphatic rings. The Bertz CT molecular complexity index is 294. The lowest BCUT2D eigenvalue weighted by molar-refractivity contribution is 0.227. The van der Waals surface area contributed by atoms with Crippen LogP contribution in [0.5, 0.6) is 0 Å². The van der Waals surface area contributed by atoms with Crippen molar-refractivity contribution in [2.45, 2.75) is 27.7 Å². The van der Waals surface area contributed by atoms with Crippen LogP contribution < -0.4 is 0 Å². The minimum atomic E-state index is -3.38. The van der Waals surface area contributed by atoms with E-state index in [2.05, 4.69) is 0 Å². The maximum absolute atomic E-state index is 12.1. The largest absolute Gasteiger partial charge is 0.371 e. The first-order valence-corrected chi connectivity index (χ1v) is 6.56. The fraction of sp³-hybridized carbons (Fsp3) is 0.700. The summed E-state index contributed by atoms with van der Waals surface area (Å²) >= 11 is 0. The minimum absolute atomic E-state index is 0.0983. The minimum Gasteiger partial charge on any atom is -0.305 e. The molecule has 0 aromatic carbocycles. The van der Waals surface area contributed by atoms with Gasteiger partial charge in [-0.1, -0.05) is 19.9 Å². The second-order valence-electron chi connectivity index (χ2n) is 3.24. The van der Waals surface area contributed by atoms with Gasteiger partial charge in [0, 0.05) is 0 Å². The summed E-state index contributed by atoms with van der Waals surface area (Å²) in [7, 11) is -3.38. The van der Waals surface area contributed by atoms with Crippen LogP contribution in [0.1, 0.15) is 27.7 Å². The Morgan fingerprint density at radius 3 is 2.13 bits per heavy atom. The van der Waals surface area contributed by atoms with Crippen molar-refractivity contribution < 1.29 is 13.6 Å². The van der Waals surface area contributed by atoms with Crippen LogP contribution in [-0.4, -0.2) is 13.2 Å². The van der Waals surface area contributed by atoms with Crippen molar-refractivity contribution in [1.82, 2.24) is 0 Å². The van der Waals surface area contributed by atoms with E-state index < -0.39 is 7.60 Å². The molecule has 0 bridgehead atoms. The first kappa shape index (κ1) is 14.4. The van der Waals surface area contributed by atoms with Gasteiger partial charge in [-0.15, -0.1) is 0 Å². The Balaban J connectivity index is 5.05. The van der Waals surface area contributed by atoms with Crippen LogP contribution >= 0.6 is 7.60 Å². The normalized spacial score (nSPS) is 12.9. The maximum Gasteiger partial charge on any atom is 0.371 e. The highest BCUT2D eigenvalue weighted by Gasteiger charge is 2.29. The Hall–Kier alpha value is -0.620. The molecule has 0 saturated heterocycles. The molecule has 86 valence electrons. The van der Waals surface area contributed by atoms with Gasteiger partial charge in [0.2, 0.25) is 0 Å². The number of nitrogens with zero attached hydrogens (tertiary/aromatic N) is 1. The molecule has 0 N–H and O–H groups in total. The highest BCUT2D eigenvalue weighted by atomic mass is 31.2. The quantitative estimate of drug-likeness (QED) is 0.519. The molecule has 5 heteroatoms. The lowest BCUT2D eigenvalue weighted by atomic mass is 10.2. The Morgan fingerprint density at radius 2 is 1.87 bits per heavy atom. The average molecular weight is 231 g/mol. The van der Waals surface area contributed by atoms with Gasteiger partial charge in [-0.3, -0.25) is 4.57 Å². The van der Waals surface area contributed by atoms with E-state index in [0.717, 1.165) is 0 Å². The predicted octanol–water partition coefficient (Wildman–Crippen LogP) is 3.32. The number of hydrogen-bond donors (Lipinski definition) is 0. The molecule has 0 aliphatic carbocycles. The van der Waals surface area contributed by atoms with Gasteiger partial charge in [0.05, 0.1) is 13.2 Å². The highest BCUT2D eigenvalue weighted by molar-refractivity contribution is 7.58. The van der Waals surface area contributed by atoms with Gasteiger partial charge in [0.25, 0.3) is 0 Å². The van der Waals surface area contributed by atoms with E-state index in [9.17, 15) is 4.57 Å². The zero-order valence-electron chi connectivity index (χ0n) is 9.69. The Labute approximate surface area is 91.4 Å². The fourth-order valence-electron chi connectivity index (χ4n) is 1.02. The van der Waals surface area contributed by atoms with E-state index in [1.807, 2.05) is 19.9 Å². The average Bonchev–Trinajstić information content (AvgIpc) is 2.14. The Kier molecular flexibility index (Phi) is 6.51. The predicted molar refractivity (Wildman–Crippen MR) is 59.4 cm³/mol. The summed E-state index contributed by atoms with van der Waals surface area (Å²) < 4.78 is 22.3. The third-order valence-electron chi connectivity index (χ3n) is 1.50. The molecule has 15 heavy (non-hydrogen) atoms. The second-order valence-corrected chi connectivity index (χ2v) is 5.23. The van der Waals surface area contributed by atoms with Crippen LogP contribution in [0.15, 0.2) is 11.4 Å².